The van der Waals surface area contributed by atoms with Crippen LogP contribution in [0, 0.1) is 13.8 Å². The summed E-state index contributed by atoms with van der Waals surface area (Å²) in [5, 5.41) is 0. The number of hydrogen-bond acceptors (Lipinski definition) is 3. The van der Waals surface area contributed by atoms with Crippen molar-refractivity contribution in [3.8, 4) is 0 Å². The maximum Gasteiger partial charge on any atom is 0.241 e. The smallest absolute Gasteiger partial charge is 0.241 e. The van der Waals surface area contributed by atoms with Crippen molar-refractivity contribution < 1.29 is 9.21 Å². The van der Waals surface area contributed by atoms with Crippen LogP contribution in [-0.4, -0.2) is 12.5 Å². The van der Waals surface area contributed by atoms with Gasteiger partial charge in [0.25, 0.3) is 0 Å². The van der Waals surface area contributed by atoms with Crippen molar-refractivity contribution in [2.24, 2.45) is 5.73 Å². The van der Waals surface area contributed by atoms with Gasteiger partial charge in [0.1, 0.15) is 5.76 Å². The Morgan fingerprint density at radius 3 is 2.74 bits per heavy atom. The van der Waals surface area contributed by atoms with Crippen LogP contribution < -0.4 is 10.6 Å². The monoisotopic (exact) mass is 258 g/mol. The third kappa shape index (κ3) is 3.03. The first-order chi connectivity index (χ1) is 9.11. The molecule has 1 heterocycles. The minimum atomic E-state index is -0.120. The van der Waals surface area contributed by atoms with Gasteiger partial charge >= 0.3 is 0 Å². The standard InChI is InChI=1S/C15H18N2O2/c1-11-5-6-12(2)14(8-11)17(15(18)9-16)10-13-4-3-7-19-13/h3-8H,9-10,16H2,1-2H3. The lowest BCUT2D eigenvalue weighted by Crippen LogP contribution is -2.36. The van der Waals surface area contributed by atoms with Crippen LogP contribution in [0.15, 0.2) is 41.0 Å². The fourth-order valence-corrected chi connectivity index (χ4v) is 1.99. The van der Waals surface area contributed by atoms with Crippen molar-refractivity contribution >= 4 is 11.6 Å². The number of anilines is 1. The van der Waals surface area contributed by atoms with Gasteiger partial charge in [-0.2, -0.15) is 0 Å². The second-order valence-corrected chi connectivity index (χ2v) is 4.55. The Morgan fingerprint density at radius 2 is 2.11 bits per heavy atom. The van der Waals surface area contributed by atoms with Gasteiger partial charge in [-0.3, -0.25) is 4.79 Å². The highest BCUT2D eigenvalue weighted by Gasteiger charge is 2.18. The summed E-state index contributed by atoms with van der Waals surface area (Å²) in [6.45, 7) is 4.36. The van der Waals surface area contributed by atoms with Crippen LogP contribution in [0.25, 0.3) is 0 Å². The summed E-state index contributed by atoms with van der Waals surface area (Å²) in [6, 6.07) is 9.68. The van der Waals surface area contributed by atoms with E-state index < -0.39 is 0 Å². The lowest BCUT2D eigenvalue weighted by molar-refractivity contribution is -0.117. The SMILES string of the molecule is Cc1ccc(C)c(N(Cc2ccco2)C(=O)CN)c1. The Morgan fingerprint density at radius 1 is 1.32 bits per heavy atom. The molecular formula is C15H18N2O2. The number of carbonyl (C=O) groups excluding carboxylic acids is 1. The Bertz CT molecular complexity index is 562. The molecule has 0 aliphatic rings. The fraction of sp³-hybridized carbons (Fsp3) is 0.267. The van der Waals surface area contributed by atoms with E-state index in [0.717, 1.165) is 22.6 Å². The Balaban J connectivity index is 2.36. The normalized spacial score (nSPS) is 10.5. The fourth-order valence-electron chi connectivity index (χ4n) is 1.99. The summed E-state index contributed by atoms with van der Waals surface area (Å²) in [7, 11) is 0. The van der Waals surface area contributed by atoms with Crippen LogP contribution in [0.4, 0.5) is 5.69 Å². The molecule has 1 aromatic heterocycles. The highest BCUT2D eigenvalue weighted by molar-refractivity contribution is 5.95. The number of aryl methyl sites for hydroxylation is 2. The number of carbonyl (C=O) groups is 1. The molecule has 0 aliphatic carbocycles. The number of nitrogens with zero attached hydrogens (tertiary/aromatic N) is 1. The molecule has 1 amide bonds. The summed E-state index contributed by atoms with van der Waals surface area (Å²) < 4.78 is 5.32. The molecular weight excluding hydrogens is 240 g/mol. The van der Waals surface area contributed by atoms with Gasteiger partial charge in [-0.1, -0.05) is 12.1 Å². The number of furan rings is 1. The molecule has 0 saturated carbocycles. The second-order valence-electron chi connectivity index (χ2n) is 4.55. The quantitative estimate of drug-likeness (QED) is 0.916. The van der Waals surface area contributed by atoms with E-state index in [9.17, 15) is 4.79 Å². The summed E-state index contributed by atoms with van der Waals surface area (Å²) in [5.41, 5.74) is 8.53. The van der Waals surface area contributed by atoms with E-state index in [0.29, 0.717) is 6.54 Å². The summed E-state index contributed by atoms with van der Waals surface area (Å²) in [6.07, 6.45) is 1.60. The van der Waals surface area contributed by atoms with Crippen molar-refractivity contribution in [3.05, 3.63) is 53.5 Å². The molecule has 0 spiro atoms. The molecule has 0 radical (unpaired) electrons. The van der Waals surface area contributed by atoms with E-state index in [1.165, 1.54) is 0 Å². The molecule has 0 saturated heterocycles. The first kappa shape index (κ1) is 13.4. The van der Waals surface area contributed by atoms with Gasteiger partial charge in [-0.15, -0.1) is 0 Å². The minimum absolute atomic E-state index is 0.0198. The van der Waals surface area contributed by atoms with Crippen LogP contribution in [0.1, 0.15) is 16.9 Å². The number of hydrogen-bond donors (Lipinski definition) is 1. The first-order valence-corrected chi connectivity index (χ1v) is 6.22. The van der Waals surface area contributed by atoms with Gasteiger partial charge in [0.2, 0.25) is 5.91 Å². The third-order valence-electron chi connectivity index (χ3n) is 3.03. The summed E-state index contributed by atoms with van der Waals surface area (Å²) >= 11 is 0. The highest BCUT2D eigenvalue weighted by atomic mass is 16.3. The van der Waals surface area contributed by atoms with Crippen LogP contribution in [0.5, 0.6) is 0 Å². The van der Waals surface area contributed by atoms with E-state index >= 15 is 0 Å². The molecule has 4 nitrogen and oxygen atoms in total. The first-order valence-electron chi connectivity index (χ1n) is 6.22. The Labute approximate surface area is 112 Å². The van der Waals surface area contributed by atoms with E-state index in [4.69, 9.17) is 10.2 Å². The molecule has 0 bridgehead atoms. The van der Waals surface area contributed by atoms with Crippen molar-refractivity contribution in [1.82, 2.24) is 0 Å². The zero-order chi connectivity index (χ0) is 13.8. The van der Waals surface area contributed by atoms with Gasteiger partial charge < -0.3 is 15.1 Å². The van der Waals surface area contributed by atoms with Crippen LogP contribution in [-0.2, 0) is 11.3 Å². The van der Waals surface area contributed by atoms with Crippen molar-refractivity contribution in [1.29, 1.82) is 0 Å². The van der Waals surface area contributed by atoms with Crippen LogP contribution in [0.3, 0.4) is 0 Å². The Kier molecular flexibility index (Phi) is 4.02. The van der Waals surface area contributed by atoms with Gasteiger partial charge in [0.05, 0.1) is 19.4 Å². The maximum absolute atomic E-state index is 12.1. The van der Waals surface area contributed by atoms with E-state index in [1.807, 2.05) is 44.2 Å². The van der Waals surface area contributed by atoms with Gasteiger partial charge in [0, 0.05) is 5.69 Å². The van der Waals surface area contributed by atoms with Gasteiger partial charge in [-0.05, 0) is 43.2 Å². The largest absolute Gasteiger partial charge is 0.467 e. The van der Waals surface area contributed by atoms with Crippen molar-refractivity contribution in [3.63, 3.8) is 0 Å². The average molecular weight is 258 g/mol. The molecule has 2 aromatic rings. The van der Waals surface area contributed by atoms with E-state index in [1.54, 1.807) is 11.2 Å². The second kappa shape index (κ2) is 5.71. The molecule has 0 fully saturated rings. The molecule has 0 atom stereocenters. The van der Waals surface area contributed by atoms with Crippen molar-refractivity contribution in [2.45, 2.75) is 20.4 Å². The number of rotatable bonds is 4. The predicted molar refractivity (Wildman–Crippen MR) is 74.9 cm³/mol. The lowest BCUT2D eigenvalue weighted by Gasteiger charge is -2.23. The molecule has 2 rings (SSSR count). The number of nitrogens with two attached hydrogens (primary N) is 1. The molecule has 4 heteroatoms. The summed E-state index contributed by atoms with van der Waals surface area (Å²) in [4.78, 5) is 13.7. The molecule has 1 aromatic carbocycles. The predicted octanol–water partition coefficient (Wildman–Crippen LogP) is 2.39. The van der Waals surface area contributed by atoms with Crippen molar-refractivity contribution in [2.75, 3.05) is 11.4 Å². The van der Waals surface area contributed by atoms with E-state index in [-0.39, 0.29) is 12.5 Å². The van der Waals surface area contributed by atoms with Crippen LogP contribution >= 0.6 is 0 Å². The minimum Gasteiger partial charge on any atom is -0.467 e. The molecule has 100 valence electrons. The average Bonchev–Trinajstić information content (AvgIpc) is 2.91. The molecule has 0 aliphatic heterocycles. The number of benzene rings is 1. The zero-order valence-corrected chi connectivity index (χ0v) is 11.2. The maximum atomic E-state index is 12.1. The highest BCUT2D eigenvalue weighted by Crippen LogP contribution is 2.23. The Hall–Kier alpha value is -2.07. The number of amides is 1. The third-order valence-corrected chi connectivity index (χ3v) is 3.03. The van der Waals surface area contributed by atoms with Crippen LogP contribution in [0.2, 0.25) is 0 Å². The van der Waals surface area contributed by atoms with Gasteiger partial charge in [-0.25, -0.2) is 0 Å². The topological polar surface area (TPSA) is 59.5 Å². The molecule has 0 unspecified atom stereocenters. The summed E-state index contributed by atoms with van der Waals surface area (Å²) in [5.74, 6) is 0.618. The molecule has 2 N–H and O–H groups in total. The lowest BCUT2D eigenvalue weighted by atomic mass is 10.1. The van der Waals surface area contributed by atoms with E-state index in [2.05, 4.69) is 0 Å². The zero-order valence-electron chi connectivity index (χ0n) is 11.2. The van der Waals surface area contributed by atoms with Gasteiger partial charge in [0.15, 0.2) is 0 Å². The molecule has 19 heavy (non-hydrogen) atoms.